The molecule has 3 N–H and O–H groups in total. The standard InChI is InChI=1S/C19H21N3O3/c23-18(12-17-13-25-11-10-20-17)21-16-8-6-14(7-9-16)19(24)22-15-4-2-1-3-5-15/h1-9,17,20H,10-13H2,(H,21,23)(H,22,24). The van der Waals surface area contributed by atoms with Crippen LogP contribution in [0.15, 0.2) is 54.6 Å². The molecule has 0 spiro atoms. The molecule has 1 saturated heterocycles. The fourth-order valence-electron chi connectivity index (χ4n) is 2.62. The van der Waals surface area contributed by atoms with Gasteiger partial charge in [-0.3, -0.25) is 9.59 Å². The largest absolute Gasteiger partial charge is 0.378 e. The number of carbonyl (C=O) groups excluding carboxylic acids is 2. The quantitative estimate of drug-likeness (QED) is 0.781. The van der Waals surface area contributed by atoms with E-state index in [1.54, 1.807) is 24.3 Å². The van der Waals surface area contributed by atoms with E-state index >= 15 is 0 Å². The monoisotopic (exact) mass is 339 g/mol. The van der Waals surface area contributed by atoms with E-state index in [-0.39, 0.29) is 17.9 Å². The number of amides is 2. The van der Waals surface area contributed by atoms with Gasteiger partial charge in [-0.05, 0) is 36.4 Å². The van der Waals surface area contributed by atoms with E-state index in [0.717, 1.165) is 12.2 Å². The van der Waals surface area contributed by atoms with Gasteiger partial charge in [-0.25, -0.2) is 0 Å². The molecule has 0 radical (unpaired) electrons. The van der Waals surface area contributed by atoms with Crippen LogP contribution in [0.3, 0.4) is 0 Å². The van der Waals surface area contributed by atoms with Gasteiger partial charge in [-0.2, -0.15) is 0 Å². The van der Waals surface area contributed by atoms with Crippen LogP contribution in [-0.4, -0.2) is 37.6 Å². The van der Waals surface area contributed by atoms with Crippen LogP contribution in [0.1, 0.15) is 16.8 Å². The van der Waals surface area contributed by atoms with Crippen LogP contribution in [0.5, 0.6) is 0 Å². The Labute approximate surface area is 146 Å². The van der Waals surface area contributed by atoms with E-state index in [0.29, 0.717) is 30.9 Å². The lowest BCUT2D eigenvalue weighted by Crippen LogP contribution is -2.43. The number of carbonyl (C=O) groups is 2. The van der Waals surface area contributed by atoms with Gasteiger partial charge in [0.15, 0.2) is 0 Å². The number of para-hydroxylation sites is 1. The SMILES string of the molecule is O=C(CC1COCCN1)Nc1ccc(C(=O)Nc2ccccc2)cc1. The third kappa shape index (κ3) is 5.14. The van der Waals surface area contributed by atoms with Gasteiger partial charge in [0.05, 0.1) is 13.2 Å². The van der Waals surface area contributed by atoms with Crippen LogP contribution in [0.25, 0.3) is 0 Å². The van der Waals surface area contributed by atoms with Crippen molar-refractivity contribution in [2.45, 2.75) is 12.5 Å². The van der Waals surface area contributed by atoms with Crippen LogP contribution in [0.2, 0.25) is 0 Å². The summed E-state index contributed by atoms with van der Waals surface area (Å²) in [5.74, 6) is -0.267. The smallest absolute Gasteiger partial charge is 0.255 e. The van der Waals surface area contributed by atoms with E-state index in [9.17, 15) is 9.59 Å². The Hall–Kier alpha value is -2.70. The molecule has 6 nitrogen and oxygen atoms in total. The number of morpholine rings is 1. The summed E-state index contributed by atoms with van der Waals surface area (Å²) in [5.41, 5.74) is 1.94. The van der Waals surface area contributed by atoms with Crippen molar-refractivity contribution in [3.8, 4) is 0 Å². The fraction of sp³-hybridized carbons (Fsp3) is 0.263. The van der Waals surface area contributed by atoms with Gasteiger partial charge in [-0.15, -0.1) is 0 Å². The maximum atomic E-state index is 12.2. The van der Waals surface area contributed by atoms with Gasteiger partial charge >= 0.3 is 0 Å². The molecule has 1 unspecified atom stereocenters. The van der Waals surface area contributed by atoms with Crippen LogP contribution >= 0.6 is 0 Å². The Morgan fingerprint density at radius 2 is 1.72 bits per heavy atom. The minimum atomic E-state index is -0.187. The molecule has 1 fully saturated rings. The van der Waals surface area contributed by atoms with E-state index in [2.05, 4.69) is 16.0 Å². The number of hydrogen-bond donors (Lipinski definition) is 3. The molecule has 0 aliphatic carbocycles. The van der Waals surface area contributed by atoms with Crippen LogP contribution in [-0.2, 0) is 9.53 Å². The average Bonchev–Trinajstić information content (AvgIpc) is 2.64. The number of nitrogens with one attached hydrogen (secondary N) is 3. The molecule has 2 aromatic rings. The summed E-state index contributed by atoms with van der Waals surface area (Å²) >= 11 is 0. The predicted octanol–water partition coefficient (Wildman–Crippen LogP) is 2.26. The zero-order valence-corrected chi connectivity index (χ0v) is 13.8. The molecule has 3 rings (SSSR count). The molecular formula is C19H21N3O3. The molecule has 1 aliphatic heterocycles. The summed E-state index contributed by atoms with van der Waals surface area (Å²) in [6.07, 6.45) is 0.357. The molecule has 1 atom stereocenters. The Morgan fingerprint density at radius 3 is 2.40 bits per heavy atom. The molecule has 2 amide bonds. The number of rotatable bonds is 5. The number of anilines is 2. The lowest BCUT2D eigenvalue weighted by molar-refractivity contribution is -0.117. The third-order valence-electron chi connectivity index (χ3n) is 3.89. The Balaban J connectivity index is 1.52. The van der Waals surface area contributed by atoms with Gasteiger partial charge in [0.25, 0.3) is 5.91 Å². The molecule has 1 aliphatic rings. The fourth-order valence-corrected chi connectivity index (χ4v) is 2.62. The van der Waals surface area contributed by atoms with Crippen LogP contribution in [0, 0.1) is 0 Å². The first-order valence-electron chi connectivity index (χ1n) is 8.28. The molecule has 2 aromatic carbocycles. The second kappa shape index (κ2) is 8.41. The highest BCUT2D eigenvalue weighted by Crippen LogP contribution is 2.13. The molecule has 0 aromatic heterocycles. The maximum absolute atomic E-state index is 12.2. The van der Waals surface area contributed by atoms with Crippen LogP contribution < -0.4 is 16.0 Å². The summed E-state index contributed by atoms with van der Waals surface area (Å²) in [4.78, 5) is 24.2. The van der Waals surface area contributed by atoms with Gasteiger partial charge in [0.2, 0.25) is 5.91 Å². The van der Waals surface area contributed by atoms with Crippen molar-refractivity contribution in [2.75, 3.05) is 30.4 Å². The zero-order chi connectivity index (χ0) is 17.5. The van der Waals surface area contributed by atoms with Crippen molar-refractivity contribution in [2.24, 2.45) is 0 Å². The van der Waals surface area contributed by atoms with E-state index < -0.39 is 0 Å². The second-order valence-electron chi connectivity index (χ2n) is 5.88. The summed E-state index contributed by atoms with van der Waals surface area (Å²) in [6, 6.07) is 16.1. The lowest BCUT2D eigenvalue weighted by atomic mass is 10.1. The summed E-state index contributed by atoms with van der Waals surface area (Å²) < 4.78 is 5.34. The first-order valence-corrected chi connectivity index (χ1v) is 8.28. The zero-order valence-electron chi connectivity index (χ0n) is 13.8. The van der Waals surface area contributed by atoms with Crippen molar-refractivity contribution in [1.29, 1.82) is 0 Å². The van der Waals surface area contributed by atoms with Gasteiger partial charge in [0.1, 0.15) is 0 Å². The minimum Gasteiger partial charge on any atom is -0.378 e. The van der Waals surface area contributed by atoms with Crippen molar-refractivity contribution in [1.82, 2.24) is 5.32 Å². The second-order valence-corrected chi connectivity index (χ2v) is 5.88. The molecule has 25 heavy (non-hydrogen) atoms. The number of ether oxygens (including phenoxy) is 1. The van der Waals surface area contributed by atoms with Crippen molar-refractivity contribution in [3.63, 3.8) is 0 Å². The molecule has 0 bridgehead atoms. The lowest BCUT2D eigenvalue weighted by Gasteiger charge is -2.23. The highest BCUT2D eigenvalue weighted by Gasteiger charge is 2.17. The summed E-state index contributed by atoms with van der Waals surface area (Å²) in [5, 5.41) is 8.91. The van der Waals surface area contributed by atoms with Crippen molar-refractivity contribution < 1.29 is 14.3 Å². The highest BCUT2D eigenvalue weighted by molar-refractivity contribution is 6.04. The molecule has 1 heterocycles. The molecular weight excluding hydrogens is 318 g/mol. The third-order valence-corrected chi connectivity index (χ3v) is 3.89. The highest BCUT2D eigenvalue weighted by atomic mass is 16.5. The Morgan fingerprint density at radius 1 is 1.00 bits per heavy atom. The van der Waals surface area contributed by atoms with E-state index in [4.69, 9.17) is 4.74 Å². The van der Waals surface area contributed by atoms with E-state index in [1.165, 1.54) is 0 Å². The summed E-state index contributed by atoms with van der Waals surface area (Å²) in [6.45, 7) is 2.00. The number of benzene rings is 2. The van der Waals surface area contributed by atoms with Crippen LogP contribution in [0.4, 0.5) is 11.4 Å². The topological polar surface area (TPSA) is 79.5 Å². The molecule has 130 valence electrons. The van der Waals surface area contributed by atoms with Crippen molar-refractivity contribution in [3.05, 3.63) is 60.2 Å². The van der Waals surface area contributed by atoms with Gasteiger partial charge < -0.3 is 20.7 Å². The normalized spacial score (nSPS) is 16.9. The molecule has 6 heteroatoms. The average molecular weight is 339 g/mol. The van der Waals surface area contributed by atoms with Gasteiger partial charge in [0, 0.05) is 35.9 Å². The Kier molecular flexibility index (Phi) is 5.77. The summed E-state index contributed by atoms with van der Waals surface area (Å²) in [7, 11) is 0. The minimum absolute atomic E-state index is 0.0460. The van der Waals surface area contributed by atoms with Crippen molar-refractivity contribution >= 4 is 23.2 Å². The predicted molar refractivity (Wildman–Crippen MR) is 96.7 cm³/mol. The van der Waals surface area contributed by atoms with Gasteiger partial charge in [-0.1, -0.05) is 18.2 Å². The van der Waals surface area contributed by atoms with E-state index in [1.807, 2.05) is 30.3 Å². The maximum Gasteiger partial charge on any atom is 0.255 e. The first-order chi connectivity index (χ1) is 12.2. The molecule has 0 saturated carbocycles. The first kappa shape index (κ1) is 17.1. The number of hydrogen-bond acceptors (Lipinski definition) is 4. The Bertz CT molecular complexity index is 710.